The molecule has 0 spiro atoms. The normalized spacial score (nSPS) is 33.8. The summed E-state index contributed by atoms with van der Waals surface area (Å²) in [6.07, 6.45) is 3.49. The van der Waals surface area contributed by atoms with Crippen LogP contribution in [0.5, 0.6) is 0 Å². The summed E-state index contributed by atoms with van der Waals surface area (Å²) in [4.78, 5) is 51.7. The van der Waals surface area contributed by atoms with Crippen LogP contribution in [-0.4, -0.2) is 91.7 Å². The number of azide groups is 2. The number of ether oxygens (including phenoxy) is 8. The fourth-order valence-corrected chi connectivity index (χ4v) is 6.14. The second kappa shape index (κ2) is 14.1. The van der Waals surface area contributed by atoms with Crippen molar-refractivity contribution >= 4 is 0 Å². The molecule has 4 fully saturated rings. The van der Waals surface area contributed by atoms with Crippen molar-refractivity contribution in [3.63, 3.8) is 0 Å². The summed E-state index contributed by atoms with van der Waals surface area (Å²) >= 11 is 0. The van der Waals surface area contributed by atoms with Gasteiger partial charge in [-0.1, -0.05) is 24.1 Å². The van der Waals surface area contributed by atoms with Crippen molar-refractivity contribution in [3.8, 4) is 5.82 Å². The van der Waals surface area contributed by atoms with Crippen LogP contribution in [0.4, 0.5) is 0 Å². The number of nitrogens with one attached hydrogen (secondary N) is 1. The van der Waals surface area contributed by atoms with Gasteiger partial charge in [0.2, 0.25) is 0 Å². The molecule has 0 radical (unpaired) electrons. The van der Waals surface area contributed by atoms with Gasteiger partial charge < -0.3 is 37.9 Å². The van der Waals surface area contributed by atoms with Gasteiger partial charge in [-0.05, 0) is 30.0 Å². The molecule has 50 heavy (non-hydrogen) atoms. The van der Waals surface area contributed by atoms with Crippen LogP contribution < -0.4 is 16.9 Å². The Morgan fingerprint density at radius 2 is 1.42 bits per heavy atom. The number of aromatic nitrogens is 6. The summed E-state index contributed by atoms with van der Waals surface area (Å²) in [5.41, 5.74) is 13.4. The van der Waals surface area contributed by atoms with E-state index >= 15 is 0 Å². The third-order valence-electron chi connectivity index (χ3n) is 8.56. The number of fused-ring (bicyclic) bond motifs is 2. The molecule has 1 unspecified atom stereocenters. The SMILES string of the molecule is CC[C@@]1(N=[N+]=[N-])O[C@@H](n2ccc(-n3ccnc3)nc2=O)[C@@H]2O[C@@H](OC)O[C@@H]21.CC[C@@]1(N=[N+]=[N-])O[C@@H](n2ccc(=O)[nH]c2=O)C2O[C@@H](OC)O[C@@H]21. The quantitative estimate of drug-likeness (QED) is 0.187. The van der Waals surface area contributed by atoms with Gasteiger partial charge in [0.05, 0.1) is 0 Å². The Morgan fingerprint density at radius 1 is 0.860 bits per heavy atom. The molecule has 23 heteroatoms. The van der Waals surface area contributed by atoms with E-state index in [2.05, 4.69) is 35.0 Å². The molecule has 0 amide bonds. The van der Waals surface area contributed by atoms with E-state index in [9.17, 15) is 14.4 Å². The third-order valence-corrected chi connectivity index (χ3v) is 8.56. The number of methoxy groups -OCH3 is 2. The Bertz CT molecular complexity index is 1960. The molecule has 1 N–H and O–H groups in total. The lowest BCUT2D eigenvalue weighted by atomic mass is 10.0. The topological polar surface area (TPSA) is 279 Å². The van der Waals surface area contributed by atoms with Crippen molar-refractivity contribution in [2.24, 2.45) is 10.2 Å². The number of imidazole rings is 1. The van der Waals surface area contributed by atoms with Crippen LogP contribution in [0.15, 0.2) is 67.9 Å². The van der Waals surface area contributed by atoms with Gasteiger partial charge in [0, 0.05) is 54.9 Å². The fourth-order valence-electron chi connectivity index (χ4n) is 6.14. The van der Waals surface area contributed by atoms with Crippen LogP contribution in [0.1, 0.15) is 39.1 Å². The van der Waals surface area contributed by atoms with Gasteiger partial charge in [0.1, 0.15) is 36.6 Å². The van der Waals surface area contributed by atoms with Gasteiger partial charge in [-0.2, -0.15) is 4.98 Å². The molecule has 23 nitrogen and oxygen atoms in total. The fraction of sp³-hybridized carbons (Fsp3) is 0.593. The summed E-state index contributed by atoms with van der Waals surface area (Å²) < 4.78 is 48.5. The molecule has 7 heterocycles. The van der Waals surface area contributed by atoms with Crippen molar-refractivity contribution in [1.82, 2.24) is 28.7 Å². The van der Waals surface area contributed by atoms with Crippen LogP contribution in [0.2, 0.25) is 0 Å². The van der Waals surface area contributed by atoms with Gasteiger partial charge in [0.15, 0.2) is 23.9 Å². The lowest BCUT2D eigenvalue weighted by Gasteiger charge is -2.27. The summed E-state index contributed by atoms with van der Waals surface area (Å²) in [6.45, 7) is 1.64. The summed E-state index contributed by atoms with van der Waals surface area (Å²) in [7, 11) is 2.82. The first-order chi connectivity index (χ1) is 24.2. The first kappa shape index (κ1) is 34.9. The van der Waals surface area contributed by atoms with Gasteiger partial charge in [-0.3, -0.25) is 23.5 Å². The largest absolute Gasteiger partial charge is 0.351 e. The Labute approximate surface area is 280 Å². The first-order valence-electron chi connectivity index (χ1n) is 15.2. The molecule has 4 aliphatic heterocycles. The van der Waals surface area contributed by atoms with Crippen molar-refractivity contribution < 1.29 is 37.9 Å². The molecule has 3 aromatic rings. The maximum absolute atomic E-state index is 12.6. The van der Waals surface area contributed by atoms with E-state index in [0.717, 1.165) is 4.57 Å². The van der Waals surface area contributed by atoms with E-state index < -0.39 is 78.2 Å². The Balaban J connectivity index is 0.000000175. The van der Waals surface area contributed by atoms with E-state index in [1.807, 2.05) is 0 Å². The van der Waals surface area contributed by atoms with Crippen LogP contribution in [-0.2, 0) is 37.9 Å². The molecule has 7 rings (SSSR count). The van der Waals surface area contributed by atoms with Gasteiger partial charge in [-0.25, -0.2) is 14.6 Å². The minimum atomic E-state index is -1.34. The molecule has 3 aromatic heterocycles. The van der Waals surface area contributed by atoms with E-state index in [1.54, 1.807) is 36.9 Å². The second-order valence-electron chi connectivity index (χ2n) is 11.1. The smallest absolute Gasteiger partial charge is 0.340 e. The minimum Gasteiger partial charge on any atom is -0.340 e. The van der Waals surface area contributed by atoms with Crippen LogP contribution >= 0.6 is 0 Å². The average Bonchev–Trinajstić information content (AvgIpc) is 3.95. The Hall–Kier alpha value is -4.93. The van der Waals surface area contributed by atoms with Crippen molar-refractivity contribution in [2.45, 2.75) is 88.0 Å². The zero-order valence-electron chi connectivity index (χ0n) is 27.0. The molecule has 0 aromatic carbocycles. The van der Waals surface area contributed by atoms with Crippen molar-refractivity contribution in [1.29, 1.82) is 0 Å². The highest BCUT2D eigenvalue weighted by molar-refractivity contribution is 5.19. The molecule has 0 bridgehead atoms. The zero-order chi connectivity index (χ0) is 35.6. The number of rotatable bonds is 9. The third kappa shape index (κ3) is 6.07. The van der Waals surface area contributed by atoms with Gasteiger partial charge >= 0.3 is 11.4 Å². The molecule has 4 saturated heterocycles. The number of H-pyrrole nitrogens is 1. The van der Waals surface area contributed by atoms with Gasteiger partial charge in [0.25, 0.3) is 18.5 Å². The van der Waals surface area contributed by atoms with Crippen molar-refractivity contribution in [3.05, 3.63) is 95.5 Å². The maximum atomic E-state index is 12.6. The van der Waals surface area contributed by atoms with Crippen LogP contribution in [0.3, 0.4) is 0 Å². The molecule has 0 saturated carbocycles. The molecule has 10 atom stereocenters. The number of aromatic amines is 1. The molecule has 266 valence electrons. The van der Waals surface area contributed by atoms with E-state index in [1.165, 1.54) is 43.6 Å². The highest BCUT2D eigenvalue weighted by Gasteiger charge is 2.62. The number of hydrogen-bond donors (Lipinski definition) is 1. The van der Waals surface area contributed by atoms with E-state index in [-0.39, 0.29) is 0 Å². The van der Waals surface area contributed by atoms with Gasteiger partial charge in [-0.15, -0.1) is 0 Å². The lowest BCUT2D eigenvalue weighted by Crippen LogP contribution is -2.39. The van der Waals surface area contributed by atoms with E-state index in [0.29, 0.717) is 18.7 Å². The summed E-state index contributed by atoms with van der Waals surface area (Å²) in [5, 5.41) is 7.52. The molecule has 4 aliphatic rings. The highest BCUT2D eigenvalue weighted by atomic mass is 16.9. The monoisotopic (exact) mass is 700 g/mol. The number of nitrogens with zero attached hydrogens (tertiary/aromatic N) is 11. The first-order valence-corrected chi connectivity index (χ1v) is 15.2. The van der Waals surface area contributed by atoms with E-state index in [4.69, 9.17) is 49.0 Å². The average molecular weight is 701 g/mol. The van der Waals surface area contributed by atoms with Crippen LogP contribution in [0, 0.1) is 0 Å². The predicted molar refractivity (Wildman–Crippen MR) is 163 cm³/mol. The zero-order valence-corrected chi connectivity index (χ0v) is 27.0. The lowest BCUT2D eigenvalue weighted by molar-refractivity contribution is -0.268. The molecule has 0 aliphatic carbocycles. The summed E-state index contributed by atoms with van der Waals surface area (Å²) in [5.74, 6) is 0.415. The Morgan fingerprint density at radius 3 is 1.88 bits per heavy atom. The summed E-state index contributed by atoms with van der Waals surface area (Å²) in [6, 6.07) is 2.83. The van der Waals surface area contributed by atoms with Crippen LogP contribution in [0.25, 0.3) is 26.7 Å². The van der Waals surface area contributed by atoms with Crippen molar-refractivity contribution in [2.75, 3.05) is 14.2 Å². The minimum absolute atomic E-state index is 0.298. The second-order valence-corrected chi connectivity index (χ2v) is 11.1. The highest BCUT2D eigenvalue weighted by Crippen LogP contribution is 2.48. The Kier molecular flexibility index (Phi) is 9.87. The molecular weight excluding hydrogens is 668 g/mol. The molecular formula is C27H32N12O11. The standard InChI is InChI=1S/C15H17N7O5.C12H15N5O6/c1-3-15(19-20-16)11-10(25-14(24-2)26-11)12(27-15)22-6-4-9(18-13(22)23)21-7-5-17-8-21;1-3-12(15-16-13)8-7(21-11(20-2)22-8)9(23-12)17-5-4-6(18)14-10(17)19/h4-8,10-12,14H,3H2,1-2H3;4-5,7-9,11H,3H2,1-2H3,(H,14,18,19)/t10-,11+,12-,14-,15-;7?,8-,9+,11+,12+/m10/s1. The predicted octanol–water partition coefficient (Wildman–Crippen LogP) is 1.28. The maximum Gasteiger partial charge on any atom is 0.351 e. The number of hydrogen-bond acceptors (Lipinski definition) is 15.